The van der Waals surface area contributed by atoms with Crippen LogP contribution in [-0.2, 0) is 0 Å². The van der Waals surface area contributed by atoms with Crippen molar-refractivity contribution < 1.29 is 4.58 Å². The van der Waals surface area contributed by atoms with E-state index in [-0.39, 0.29) is 0 Å². The zero-order chi connectivity index (χ0) is 20.8. The zero-order valence-corrected chi connectivity index (χ0v) is 17.8. The van der Waals surface area contributed by atoms with Crippen LogP contribution >= 0.6 is 0 Å². The van der Waals surface area contributed by atoms with Crippen molar-refractivity contribution in [1.29, 1.82) is 0 Å². The second-order valence-corrected chi connectivity index (χ2v) is 6.78. The first-order valence-electron chi connectivity index (χ1n) is 9.51. The summed E-state index contributed by atoms with van der Waals surface area (Å²) >= 11 is 0. The smallest absolute Gasteiger partial charge is 0.285 e. The minimum Gasteiger partial charge on any atom is -0.399 e. The van der Waals surface area contributed by atoms with Crippen LogP contribution in [-0.4, -0.2) is 43.2 Å². The number of anilines is 3. The molecule has 5 heteroatoms. The lowest BCUT2D eigenvalue weighted by molar-refractivity contribution is -0.418. The van der Waals surface area contributed by atoms with Gasteiger partial charge in [-0.1, -0.05) is 29.6 Å². The number of nitrogen functional groups attached to an aromatic ring is 1. The highest BCUT2D eigenvalue weighted by atomic mass is 15.1. The van der Waals surface area contributed by atoms with Gasteiger partial charge < -0.3 is 16.0 Å². The maximum atomic E-state index is 5.61. The average molecular weight is 381 g/mol. The van der Waals surface area contributed by atoms with Crippen molar-refractivity contribution in [3.05, 3.63) is 66.5 Å². The van der Waals surface area contributed by atoms with Gasteiger partial charge in [0.2, 0.25) is 0 Å². The number of nitrogens with zero attached hydrogens (tertiary/aromatic N) is 3. The van der Waals surface area contributed by atoms with Crippen LogP contribution in [0.15, 0.2) is 65.9 Å². The Labute approximate surface area is 169 Å². The third-order valence-electron chi connectivity index (χ3n) is 3.62. The van der Waals surface area contributed by atoms with Crippen LogP contribution in [0.4, 0.5) is 17.1 Å². The molecule has 0 saturated heterocycles. The van der Waals surface area contributed by atoms with Gasteiger partial charge in [0.15, 0.2) is 0 Å². The number of unbranched alkanes of at least 4 members (excludes halogenated alkanes) is 1. The Morgan fingerprint density at radius 1 is 1.04 bits per heavy atom. The van der Waals surface area contributed by atoms with Gasteiger partial charge in [-0.05, 0) is 49.7 Å². The molecule has 0 saturated carbocycles. The summed E-state index contributed by atoms with van der Waals surface area (Å²) in [5, 5.41) is 3.30. The molecule has 3 N–H and O–H groups in total. The molecule has 0 amide bonds. The molecule has 5 nitrogen and oxygen atoms in total. The molecule has 0 heterocycles. The molecule has 0 bridgehead atoms. The van der Waals surface area contributed by atoms with E-state index in [0.717, 1.165) is 29.9 Å². The fourth-order valence-corrected chi connectivity index (χ4v) is 2.00. The van der Waals surface area contributed by atoms with Gasteiger partial charge in [-0.2, -0.15) is 0 Å². The van der Waals surface area contributed by atoms with Crippen LogP contribution in [0.2, 0.25) is 0 Å². The van der Waals surface area contributed by atoms with Crippen LogP contribution in [0.5, 0.6) is 0 Å². The monoisotopic (exact) mass is 380 g/mol. The van der Waals surface area contributed by atoms with E-state index in [2.05, 4.69) is 48.4 Å². The maximum Gasteiger partial charge on any atom is 0.285 e. The lowest BCUT2D eigenvalue weighted by Crippen LogP contribution is -2.04. The van der Waals surface area contributed by atoms with Gasteiger partial charge in [0.25, 0.3) is 6.34 Å². The molecule has 150 valence electrons. The number of rotatable bonds is 7. The first-order chi connectivity index (χ1) is 13.4. The van der Waals surface area contributed by atoms with Gasteiger partial charge in [0, 0.05) is 43.8 Å². The van der Waals surface area contributed by atoms with Gasteiger partial charge in [0.1, 0.15) is 12.4 Å². The summed E-state index contributed by atoms with van der Waals surface area (Å²) in [7, 11) is 5.94. The number of hydrogen-bond donors (Lipinski definition) is 2. The Hall–Kier alpha value is -3.08. The van der Waals surface area contributed by atoms with E-state index in [9.17, 15) is 0 Å². The van der Waals surface area contributed by atoms with E-state index in [0.29, 0.717) is 0 Å². The standard InChI is InChI=1S/C13H14N2.C10H20N3/c1-10-2-6-12(7-3-10)15-13-8-4-11(14)5-9-13;1-5-6-7-11-10-13(4)9-8-12(2)3/h2-9,15H,14H2,1H3;7-10H,5-6H2,1-4H3/q;+1/b;9-8-. The minimum absolute atomic E-state index is 0.782. The van der Waals surface area contributed by atoms with Gasteiger partial charge in [0.05, 0.1) is 7.05 Å². The normalized spacial score (nSPS) is 11.4. The van der Waals surface area contributed by atoms with E-state index in [1.165, 1.54) is 5.56 Å². The molecule has 0 aliphatic rings. The number of aliphatic imine (C=N–C) groups is 1. The first-order valence-corrected chi connectivity index (χ1v) is 9.51. The Morgan fingerprint density at radius 2 is 1.61 bits per heavy atom. The second kappa shape index (κ2) is 13.1. The van der Waals surface area contributed by atoms with Crippen molar-refractivity contribution in [3.8, 4) is 0 Å². The summed E-state index contributed by atoms with van der Waals surface area (Å²) in [5.74, 6) is 0. The summed E-state index contributed by atoms with van der Waals surface area (Å²) in [5.41, 5.74) is 9.79. The average Bonchev–Trinajstić information content (AvgIpc) is 2.68. The largest absolute Gasteiger partial charge is 0.399 e. The number of hydrogen-bond acceptors (Lipinski definition) is 3. The fourth-order valence-electron chi connectivity index (χ4n) is 2.00. The molecule has 2 aromatic rings. The predicted molar refractivity (Wildman–Crippen MR) is 124 cm³/mol. The molecule has 0 radical (unpaired) electrons. The van der Waals surface area contributed by atoms with E-state index in [1.807, 2.05) is 73.5 Å². The third-order valence-corrected chi connectivity index (χ3v) is 3.62. The highest BCUT2D eigenvalue weighted by molar-refractivity contribution is 5.69. The van der Waals surface area contributed by atoms with Crippen LogP contribution in [0.1, 0.15) is 25.3 Å². The Bertz CT molecular complexity index is 713. The molecule has 0 aromatic heterocycles. The number of nitrogens with one attached hydrogen (secondary N) is 1. The van der Waals surface area contributed by atoms with Crippen molar-refractivity contribution in [3.63, 3.8) is 0 Å². The summed E-state index contributed by atoms with van der Waals surface area (Å²) in [4.78, 5) is 6.13. The molecule has 0 unspecified atom stereocenters. The first kappa shape index (κ1) is 23.0. The fraction of sp³-hybridized carbons (Fsp3) is 0.304. The van der Waals surface area contributed by atoms with E-state index in [1.54, 1.807) is 6.34 Å². The van der Waals surface area contributed by atoms with E-state index in [4.69, 9.17) is 5.73 Å². The predicted octanol–water partition coefficient (Wildman–Crippen LogP) is 4.88. The highest BCUT2D eigenvalue weighted by Crippen LogP contribution is 2.17. The molecule has 0 fully saturated rings. The van der Waals surface area contributed by atoms with Crippen molar-refractivity contribution >= 4 is 29.6 Å². The van der Waals surface area contributed by atoms with Crippen molar-refractivity contribution in [1.82, 2.24) is 4.90 Å². The van der Waals surface area contributed by atoms with Gasteiger partial charge in [-0.25, -0.2) is 4.58 Å². The lowest BCUT2D eigenvalue weighted by atomic mass is 10.2. The Kier molecular flexibility index (Phi) is 10.8. The van der Waals surface area contributed by atoms with Crippen molar-refractivity contribution in [2.45, 2.75) is 26.7 Å². The van der Waals surface area contributed by atoms with Gasteiger partial charge in [-0.15, -0.1) is 0 Å². The van der Waals surface area contributed by atoms with Gasteiger partial charge >= 0.3 is 0 Å². The summed E-state index contributed by atoms with van der Waals surface area (Å²) in [6.07, 6.45) is 9.86. The molecule has 0 aliphatic carbocycles. The molecule has 0 atom stereocenters. The Morgan fingerprint density at radius 3 is 2.14 bits per heavy atom. The lowest BCUT2D eigenvalue weighted by Gasteiger charge is -2.06. The van der Waals surface area contributed by atoms with Crippen molar-refractivity contribution in [2.75, 3.05) is 32.2 Å². The molecular weight excluding hydrogens is 346 g/mol. The molecule has 0 aliphatic heterocycles. The summed E-state index contributed by atoms with van der Waals surface area (Å²) in [6, 6.07) is 16.0. The van der Waals surface area contributed by atoms with Crippen LogP contribution in [0.3, 0.4) is 0 Å². The van der Waals surface area contributed by atoms with Gasteiger partial charge in [-0.3, -0.25) is 0 Å². The molecule has 0 spiro atoms. The number of aryl methyl sites for hydroxylation is 1. The SMILES string of the molecule is CCCC=NC=[N+](C)/C=C\N(C)C.Cc1ccc(Nc2ccc(N)cc2)cc1. The topological polar surface area (TPSA) is 56.7 Å². The quantitative estimate of drug-likeness (QED) is 0.311. The van der Waals surface area contributed by atoms with Crippen LogP contribution < -0.4 is 11.1 Å². The van der Waals surface area contributed by atoms with Crippen LogP contribution in [0, 0.1) is 6.92 Å². The zero-order valence-electron chi connectivity index (χ0n) is 17.8. The molecular formula is C23H34N5+. The third kappa shape index (κ3) is 10.8. The molecule has 2 aromatic carbocycles. The van der Waals surface area contributed by atoms with E-state index >= 15 is 0 Å². The molecule has 2 rings (SSSR count). The number of nitrogens with two attached hydrogens (primary N) is 1. The van der Waals surface area contributed by atoms with E-state index < -0.39 is 0 Å². The highest BCUT2D eigenvalue weighted by Gasteiger charge is 1.93. The van der Waals surface area contributed by atoms with Crippen LogP contribution in [0.25, 0.3) is 0 Å². The summed E-state index contributed by atoms with van der Waals surface area (Å²) < 4.78 is 1.92. The minimum atomic E-state index is 0.782. The maximum absolute atomic E-state index is 5.61. The Balaban J connectivity index is 0.000000284. The number of benzene rings is 2. The second-order valence-electron chi connectivity index (χ2n) is 6.78. The summed E-state index contributed by atoms with van der Waals surface area (Å²) in [6.45, 7) is 4.22. The molecule has 28 heavy (non-hydrogen) atoms. The van der Waals surface area contributed by atoms with Crippen molar-refractivity contribution in [2.24, 2.45) is 4.99 Å².